The van der Waals surface area contributed by atoms with Crippen LogP contribution in [-0.4, -0.2) is 9.78 Å². The van der Waals surface area contributed by atoms with Gasteiger partial charge in [0, 0.05) is 18.8 Å². The van der Waals surface area contributed by atoms with Crippen LogP contribution in [-0.2, 0) is 12.7 Å². The molecule has 0 amide bonds. The number of rotatable bonds is 2. The Morgan fingerprint density at radius 1 is 1.54 bits per heavy atom. The first-order valence-corrected chi connectivity index (χ1v) is 4.08. The van der Waals surface area contributed by atoms with Gasteiger partial charge in [-0.3, -0.25) is 4.68 Å². The van der Waals surface area contributed by atoms with E-state index in [1.54, 1.807) is 0 Å². The van der Waals surface area contributed by atoms with Crippen molar-refractivity contribution in [2.75, 3.05) is 0 Å². The zero-order valence-corrected chi connectivity index (χ0v) is 6.80. The summed E-state index contributed by atoms with van der Waals surface area (Å²) in [5, 5.41) is 3.40. The molecule has 5 heteroatoms. The third-order valence-electron chi connectivity index (χ3n) is 1.99. The number of halogens is 3. The number of aromatic nitrogens is 2. The van der Waals surface area contributed by atoms with Gasteiger partial charge >= 0.3 is 6.18 Å². The van der Waals surface area contributed by atoms with Crippen LogP contribution in [0, 0.1) is 12.0 Å². The summed E-state index contributed by atoms with van der Waals surface area (Å²) in [5.74, 6) is 0.523. The molecule has 2 nitrogen and oxygen atoms in total. The summed E-state index contributed by atoms with van der Waals surface area (Å²) < 4.78 is 37.5. The summed E-state index contributed by atoms with van der Waals surface area (Å²) in [6.45, 7) is 0.590. The van der Waals surface area contributed by atoms with E-state index in [-0.39, 0.29) is 0 Å². The highest BCUT2D eigenvalue weighted by atomic mass is 19.4. The van der Waals surface area contributed by atoms with Gasteiger partial charge in [0.2, 0.25) is 0 Å². The minimum absolute atomic E-state index is 0.523. The van der Waals surface area contributed by atoms with Crippen LogP contribution >= 0.6 is 0 Å². The Morgan fingerprint density at radius 3 is 2.69 bits per heavy atom. The number of alkyl halides is 3. The predicted molar refractivity (Wildman–Crippen MR) is 38.8 cm³/mol. The minimum atomic E-state index is -4.37. The van der Waals surface area contributed by atoms with E-state index in [0.717, 1.165) is 12.8 Å². The summed E-state index contributed by atoms with van der Waals surface area (Å²) >= 11 is 0. The largest absolute Gasteiger partial charge is 0.435 e. The molecule has 1 aliphatic carbocycles. The van der Waals surface area contributed by atoms with E-state index in [0.29, 0.717) is 12.5 Å². The summed E-state index contributed by atoms with van der Waals surface area (Å²) in [4.78, 5) is 0. The first-order chi connectivity index (χ1) is 6.05. The van der Waals surface area contributed by atoms with Crippen molar-refractivity contribution in [1.29, 1.82) is 0 Å². The smallest absolute Gasteiger partial charge is 0.271 e. The van der Waals surface area contributed by atoms with Crippen molar-refractivity contribution in [3.63, 3.8) is 0 Å². The molecule has 0 aliphatic heterocycles. The summed E-state index contributed by atoms with van der Waals surface area (Å²) in [7, 11) is 0. The van der Waals surface area contributed by atoms with Gasteiger partial charge in [-0.15, -0.1) is 0 Å². The van der Waals surface area contributed by atoms with Crippen LogP contribution in [0.15, 0.2) is 6.20 Å². The maximum atomic E-state index is 12.0. The monoisotopic (exact) mass is 189 g/mol. The van der Waals surface area contributed by atoms with Crippen molar-refractivity contribution >= 4 is 0 Å². The Morgan fingerprint density at radius 2 is 2.23 bits per heavy atom. The highest BCUT2D eigenvalue weighted by Crippen LogP contribution is 2.31. The molecular formula is C8H8F3N2. The van der Waals surface area contributed by atoms with Crippen molar-refractivity contribution in [2.24, 2.45) is 5.92 Å². The molecule has 1 aromatic heterocycles. The van der Waals surface area contributed by atoms with E-state index < -0.39 is 11.9 Å². The average molecular weight is 189 g/mol. The van der Waals surface area contributed by atoms with Gasteiger partial charge in [-0.2, -0.15) is 18.3 Å². The first-order valence-electron chi connectivity index (χ1n) is 4.08. The summed E-state index contributed by atoms with van der Waals surface area (Å²) in [6, 6.07) is 2.11. The lowest BCUT2D eigenvalue weighted by Crippen LogP contribution is -2.08. The highest BCUT2D eigenvalue weighted by Gasteiger charge is 2.34. The molecular weight excluding hydrogens is 181 g/mol. The highest BCUT2D eigenvalue weighted by molar-refractivity contribution is 5.01. The molecule has 1 aliphatic rings. The number of hydrogen-bond acceptors (Lipinski definition) is 1. The van der Waals surface area contributed by atoms with Gasteiger partial charge < -0.3 is 0 Å². The fourth-order valence-corrected chi connectivity index (χ4v) is 1.12. The maximum absolute atomic E-state index is 12.0. The average Bonchev–Trinajstić information content (AvgIpc) is 2.63. The molecule has 0 saturated heterocycles. The molecule has 0 N–H and O–H groups in total. The molecule has 0 unspecified atom stereocenters. The van der Waals surface area contributed by atoms with E-state index >= 15 is 0 Å². The van der Waals surface area contributed by atoms with Gasteiger partial charge in [0.25, 0.3) is 0 Å². The van der Waals surface area contributed by atoms with Crippen LogP contribution in [0.5, 0.6) is 0 Å². The summed E-state index contributed by atoms with van der Waals surface area (Å²) in [6.07, 6.45) is -0.904. The molecule has 1 radical (unpaired) electrons. The van der Waals surface area contributed by atoms with Crippen LogP contribution in [0.2, 0.25) is 0 Å². The molecule has 1 fully saturated rings. The Kier molecular flexibility index (Phi) is 1.82. The second-order valence-electron chi connectivity index (χ2n) is 3.29. The Labute approximate surface area is 73.4 Å². The fraction of sp³-hybridized carbons (Fsp3) is 0.625. The molecule has 1 saturated carbocycles. The predicted octanol–water partition coefficient (Wildman–Crippen LogP) is 2.11. The van der Waals surface area contributed by atoms with Crippen molar-refractivity contribution in [3.05, 3.63) is 18.0 Å². The topological polar surface area (TPSA) is 17.8 Å². The summed E-state index contributed by atoms with van der Waals surface area (Å²) in [5.41, 5.74) is -0.923. The van der Waals surface area contributed by atoms with Crippen molar-refractivity contribution < 1.29 is 13.2 Å². The lowest BCUT2D eigenvalue weighted by molar-refractivity contribution is -0.141. The van der Waals surface area contributed by atoms with Crippen LogP contribution < -0.4 is 0 Å². The van der Waals surface area contributed by atoms with Crippen molar-refractivity contribution in [1.82, 2.24) is 9.78 Å². The number of nitrogens with zero attached hydrogens (tertiary/aromatic N) is 2. The third kappa shape index (κ3) is 2.02. The van der Waals surface area contributed by atoms with Gasteiger partial charge in [0.15, 0.2) is 5.69 Å². The fourth-order valence-electron chi connectivity index (χ4n) is 1.12. The van der Waals surface area contributed by atoms with Crippen LogP contribution in [0.1, 0.15) is 18.5 Å². The van der Waals surface area contributed by atoms with Gasteiger partial charge in [0.1, 0.15) is 0 Å². The van der Waals surface area contributed by atoms with Crippen LogP contribution in [0.4, 0.5) is 13.2 Å². The van der Waals surface area contributed by atoms with Crippen LogP contribution in [0.25, 0.3) is 0 Å². The van der Waals surface area contributed by atoms with Crippen LogP contribution in [0.3, 0.4) is 0 Å². The van der Waals surface area contributed by atoms with Crippen molar-refractivity contribution in [3.8, 4) is 0 Å². The lowest BCUT2D eigenvalue weighted by atomic mass is 10.4. The van der Waals surface area contributed by atoms with Gasteiger partial charge in [-0.05, 0) is 18.8 Å². The SMILES string of the molecule is FC(F)(F)c1[c]cn(CC2CC2)n1. The quantitative estimate of drug-likeness (QED) is 0.696. The van der Waals surface area contributed by atoms with Gasteiger partial charge in [0.05, 0.1) is 0 Å². The normalized spacial score (nSPS) is 17.8. The molecule has 1 heterocycles. The van der Waals surface area contributed by atoms with E-state index in [9.17, 15) is 13.2 Å². The lowest BCUT2D eigenvalue weighted by Gasteiger charge is -2.01. The first kappa shape index (κ1) is 8.59. The molecule has 0 spiro atoms. The second-order valence-corrected chi connectivity index (χ2v) is 3.29. The van der Waals surface area contributed by atoms with E-state index in [1.165, 1.54) is 10.9 Å². The molecule has 1 aromatic rings. The van der Waals surface area contributed by atoms with Gasteiger partial charge in [-0.1, -0.05) is 0 Å². The third-order valence-corrected chi connectivity index (χ3v) is 1.99. The van der Waals surface area contributed by atoms with Crippen molar-refractivity contribution in [2.45, 2.75) is 25.6 Å². The zero-order chi connectivity index (χ0) is 9.47. The maximum Gasteiger partial charge on any atom is 0.435 e. The molecule has 0 bridgehead atoms. The zero-order valence-electron chi connectivity index (χ0n) is 6.80. The second kappa shape index (κ2) is 2.75. The molecule has 0 atom stereocenters. The van der Waals surface area contributed by atoms with E-state index in [4.69, 9.17) is 0 Å². The molecule has 2 rings (SSSR count). The minimum Gasteiger partial charge on any atom is -0.271 e. The standard InChI is InChI=1S/C8H8F3N2/c9-8(10,11)7-3-4-13(12-7)5-6-1-2-6/h4,6H,1-2,5H2. The Balaban J connectivity index is 2.08. The van der Waals surface area contributed by atoms with E-state index in [2.05, 4.69) is 11.2 Å². The Bertz CT molecular complexity index is 299. The van der Waals surface area contributed by atoms with E-state index in [1.807, 2.05) is 0 Å². The molecule has 13 heavy (non-hydrogen) atoms. The number of hydrogen-bond donors (Lipinski definition) is 0. The van der Waals surface area contributed by atoms with Gasteiger partial charge in [-0.25, -0.2) is 0 Å². The molecule has 0 aromatic carbocycles. The Hall–Kier alpha value is -1.00. The molecule has 71 valence electrons.